The monoisotopic (exact) mass is 310 g/mol. The van der Waals surface area contributed by atoms with Crippen LogP contribution in [-0.2, 0) is 16.2 Å². The predicted molar refractivity (Wildman–Crippen MR) is 70.7 cm³/mol. The van der Waals surface area contributed by atoms with Crippen molar-refractivity contribution in [1.29, 1.82) is 0 Å². The molecule has 20 heavy (non-hydrogen) atoms. The van der Waals surface area contributed by atoms with Crippen LogP contribution in [-0.4, -0.2) is 27.8 Å². The fourth-order valence-electron chi connectivity index (χ4n) is 1.59. The summed E-state index contributed by atoms with van der Waals surface area (Å²) in [6, 6.07) is 4.56. The number of benzene rings is 1. The topological polar surface area (TPSA) is 58.2 Å². The molecular weight excluding hydrogens is 293 g/mol. The van der Waals surface area contributed by atoms with Crippen molar-refractivity contribution < 1.29 is 21.6 Å². The van der Waals surface area contributed by atoms with E-state index in [1.807, 2.05) is 0 Å². The average Bonchev–Trinajstić information content (AvgIpc) is 2.37. The Morgan fingerprint density at radius 1 is 1.20 bits per heavy atom. The second-order valence-electron chi connectivity index (χ2n) is 4.32. The maximum absolute atomic E-state index is 12.4. The lowest BCUT2D eigenvalue weighted by Crippen LogP contribution is -2.30. The van der Waals surface area contributed by atoms with Gasteiger partial charge in [0.15, 0.2) is 0 Å². The van der Waals surface area contributed by atoms with E-state index in [1.165, 1.54) is 19.2 Å². The third-order valence-corrected chi connectivity index (χ3v) is 4.23. The maximum Gasteiger partial charge on any atom is 0.416 e. The molecule has 0 aromatic heterocycles. The van der Waals surface area contributed by atoms with Crippen molar-refractivity contribution in [2.24, 2.45) is 0 Å². The van der Waals surface area contributed by atoms with Gasteiger partial charge < -0.3 is 5.32 Å². The third kappa shape index (κ3) is 5.10. The van der Waals surface area contributed by atoms with E-state index in [-0.39, 0.29) is 18.3 Å². The van der Waals surface area contributed by atoms with Crippen LogP contribution in [0.5, 0.6) is 0 Å². The Balaban J connectivity index is 2.58. The van der Waals surface area contributed by atoms with Gasteiger partial charge in [0.05, 0.1) is 11.3 Å². The fourth-order valence-corrected chi connectivity index (χ4v) is 2.18. The molecule has 0 radical (unpaired) electrons. The van der Waals surface area contributed by atoms with Crippen LogP contribution in [0.15, 0.2) is 24.3 Å². The molecule has 0 aliphatic heterocycles. The normalized spacial score (nSPS) is 14.2. The largest absolute Gasteiger partial charge is 0.416 e. The smallest absolute Gasteiger partial charge is 0.309 e. The van der Waals surface area contributed by atoms with Gasteiger partial charge in [-0.15, -0.1) is 0 Å². The van der Waals surface area contributed by atoms with E-state index < -0.39 is 21.8 Å². The predicted octanol–water partition coefficient (Wildman–Crippen LogP) is 1.91. The first-order valence-corrected chi connectivity index (χ1v) is 7.62. The van der Waals surface area contributed by atoms with Gasteiger partial charge in [-0.05, 0) is 31.7 Å². The molecule has 1 aromatic rings. The van der Waals surface area contributed by atoms with E-state index in [1.54, 1.807) is 6.92 Å². The zero-order valence-corrected chi connectivity index (χ0v) is 12.0. The average molecular weight is 310 g/mol. The number of alkyl halides is 3. The van der Waals surface area contributed by atoms with Crippen LogP contribution < -0.4 is 10.0 Å². The Bertz CT molecular complexity index is 527. The molecule has 0 bridgehead atoms. The van der Waals surface area contributed by atoms with Crippen molar-refractivity contribution >= 4 is 10.0 Å². The van der Waals surface area contributed by atoms with Gasteiger partial charge in [-0.3, -0.25) is 0 Å². The van der Waals surface area contributed by atoms with Gasteiger partial charge in [0, 0.05) is 12.6 Å². The highest BCUT2D eigenvalue weighted by Crippen LogP contribution is 2.29. The van der Waals surface area contributed by atoms with Gasteiger partial charge in [-0.2, -0.15) is 13.2 Å². The fraction of sp³-hybridized carbons (Fsp3) is 0.500. The molecule has 0 aliphatic rings. The minimum absolute atomic E-state index is 0.0888. The van der Waals surface area contributed by atoms with E-state index >= 15 is 0 Å². The first-order chi connectivity index (χ1) is 9.15. The van der Waals surface area contributed by atoms with E-state index in [0.717, 1.165) is 12.1 Å². The number of sulfonamides is 1. The number of halogens is 3. The molecule has 1 unspecified atom stereocenters. The maximum atomic E-state index is 12.4. The summed E-state index contributed by atoms with van der Waals surface area (Å²) in [5, 5.41) is 2.95. The first kappa shape index (κ1) is 16.9. The summed E-state index contributed by atoms with van der Waals surface area (Å²) < 4.78 is 61.8. The van der Waals surface area contributed by atoms with Gasteiger partial charge >= 0.3 is 6.18 Å². The number of hydrogen-bond acceptors (Lipinski definition) is 3. The number of nitrogens with one attached hydrogen (secondary N) is 2. The van der Waals surface area contributed by atoms with Crippen LogP contribution in [0.2, 0.25) is 0 Å². The minimum Gasteiger partial charge on any atom is -0.309 e. The van der Waals surface area contributed by atoms with Crippen molar-refractivity contribution in [1.82, 2.24) is 10.0 Å². The Morgan fingerprint density at radius 3 is 2.20 bits per heavy atom. The van der Waals surface area contributed by atoms with Crippen molar-refractivity contribution in [2.45, 2.75) is 19.1 Å². The summed E-state index contributed by atoms with van der Waals surface area (Å²) in [4.78, 5) is 0. The van der Waals surface area contributed by atoms with Crippen molar-refractivity contribution in [3.05, 3.63) is 35.4 Å². The minimum atomic E-state index is -4.35. The Labute approximate surface area is 116 Å². The molecule has 0 amide bonds. The zero-order valence-electron chi connectivity index (χ0n) is 11.2. The molecule has 1 rings (SSSR count). The summed E-state index contributed by atoms with van der Waals surface area (Å²) in [7, 11) is -1.96. The standard InChI is InChI=1S/C12H17F3N2O2S/c1-9(17-7-8-20(18,19)16-2)10-3-5-11(6-4-10)12(13,14)15/h3-6,9,16-17H,7-8H2,1-2H3. The molecule has 0 fully saturated rings. The van der Waals surface area contributed by atoms with Gasteiger partial charge in [0.25, 0.3) is 0 Å². The molecule has 0 aliphatic carbocycles. The molecule has 1 aromatic carbocycles. The third-order valence-electron chi connectivity index (χ3n) is 2.87. The highest BCUT2D eigenvalue weighted by Gasteiger charge is 2.30. The Kier molecular flexibility index (Phi) is 5.55. The van der Waals surface area contributed by atoms with Crippen molar-refractivity contribution in [3.8, 4) is 0 Å². The molecule has 8 heteroatoms. The SMILES string of the molecule is CNS(=O)(=O)CCNC(C)c1ccc(C(F)(F)F)cc1. The van der Waals surface area contributed by atoms with E-state index in [0.29, 0.717) is 5.56 Å². The lowest BCUT2D eigenvalue weighted by molar-refractivity contribution is -0.137. The van der Waals surface area contributed by atoms with Gasteiger partial charge in [0.1, 0.15) is 0 Å². The van der Waals surface area contributed by atoms with Crippen LogP contribution in [0.4, 0.5) is 13.2 Å². The summed E-state index contributed by atoms with van der Waals surface area (Å²) in [5.74, 6) is -0.0888. The molecule has 0 saturated carbocycles. The molecule has 4 nitrogen and oxygen atoms in total. The Morgan fingerprint density at radius 2 is 1.75 bits per heavy atom. The van der Waals surface area contributed by atoms with Crippen LogP contribution in [0.3, 0.4) is 0 Å². The van der Waals surface area contributed by atoms with E-state index in [9.17, 15) is 21.6 Å². The van der Waals surface area contributed by atoms with Gasteiger partial charge in [-0.1, -0.05) is 12.1 Å². The van der Waals surface area contributed by atoms with Crippen LogP contribution in [0.1, 0.15) is 24.1 Å². The van der Waals surface area contributed by atoms with Crippen LogP contribution in [0, 0.1) is 0 Å². The second-order valence-corrected chi connectivity index (χ2v) is 6.36. The summed E-state index contributed by atoms with van der Waals surface area (Å²) in [6.07, 6.45) is -4.35. The molecule has 0 saturated heterocycles. The van der Waals surface area contributed by atoms with Crippen molar-refractivity contribution in [2.75, 3.05) is 19.3 Å². The number of rotatable bonds is 6. The second kappa shape index (κ2) is 6.55. The summed E-state index contributed by atoms with van der Waals surface area (Å²) in [5.41, 5.74) is -0.0360. The van der Waals surface area contributed by atoms with Crippen molar-refractivity contribution in [3.63, 3.8) is 0 Å². The lowest BCUT2D eigenvalue weighted by Gasteiger charge is -2.15. The molecule has 0 spiro atoms. The summed E-state index contributed by atoms with van der Waals surface area (Å²) in [6.45, 7) is 1.97. The van der Waals surface area contributed by atoms with Gasteiger partial charge in [0.2, 0.25) is 10.0 Å². The highest BCUT2D eigenvalue weighted by molar-refractivity contribution is 7.89. The molecule has 114 valence electrons. The Hall–Kier alpha value is -1.12. The highest BCUT2D eigenvalue weighted by atomic mass is 32.2. The molecular formula is C12H17F3N2O2S. The summed E-state index contributed by atoms with van der Waals surface area (Å²) >= 11 is 0. The molecule has 0 heterocycles. The zero-order chi connectivity index (χ0) is 15.4. The number of hydrogen-bond donors (Lipinski definition) is 2. The quantitative estimate of drug-likeness (QED) is 0.844. The van der Waals surface area contributed by atoms with Crippen LogP contribution >= 0.6 is 0 Å². The first-order valence-electron chi connectivity index (χ1n) is 5.97. The van der Waals surface area contributed by atoms with Crippen LogP contribution in [0.25, 0.3) is 0 Å². The lowest BCUT2D eigenvalue weighted by atomic mass is 10.1. The van der Waals surface area contributed by atoms with E-state index in [4.69, 9.17) is 0 Å². The molecule has 1 atom stereocenters. The molecule has 2 N–H and O–H groups in total. The van der Waals surface area contributed by atoms with E-state index in [2.05, 4.69) is 10.0 Å². The van der Waals surface area contributed by atoms with Gasteiger partial charge in [-0.25, -0.2) is 13.1 Å².